The van der Waals surface area contributed by atoms with Crippen LogP contribution in [0, 0.1) is 12.7 Å². The van der Waals surface area contributed by atoms with Gasteiger partial charge in [0.25, 0.3) is 0 Å². The summed E-state index contributed by atoms with van der Waals surface area (Å²) in [6.07, 6.45) is 7.44. The minimum absolute atomic E-state index is 0.0247. The number of rotatable bonds is 3. The Balaban J connectivity index is 1.17. The van der Waals surface area contributed by atoms with Crippen LogP contribution in [0.2, 0.25) is 0 Å². The van der Waals surface area contributed by atoms with Crippen LogP contribution < -0.4 is 10.6 Å². The van der Waals surface area contributed by atoms with Crippen molar-refractivity contribution in [2.75, 3.05) is 25.0 Å². The smallest absolute Gasteiger partial charge is 0.243 e. The number of hydrogen-bond donors (Lipinski definition) is 2. The number of carbonyl (C=O) groups is 2. The zero-order valence-electron chi connectivity index (χ0n) is 18.3. The molecule has 3 heterocycles. The SMILES string of the molecule is Cc1ccc(F)c2c1NC(C(=O)N[C@@H]1CCC[C@H](N3CCN4C(=O)CCC[C@H]4C3)C1)C2. The number of nitrogens with zero attached hydrogens (tertiary/aromatic N) is 2. The van der Waals surface area contributed by atoms with E-state index in [1.54, 1.807) is 6.07 Å². The second kappa shape index (κ2) is 8.41. The standard InChI is InChI=1S/C24H33FN4O2/c1-15-8-9-20(25)19-13-21(27-23(15)19)24(31)26-16-4-2-5-17(12-16)28-10-11-29-18(14-28)6-3-7-22(29)30/h8-9,16-18,21,27H,2-7,10-14H2,1H3,(H,26,31)/t16-,17+,18+,21?/m1/s1. The lowest BCUT2D eigenvalue weighted by Crippen LogP contribution is -2.60. The molecule has 2 N–H and O–H groups in total. The normalized spacial score (nSPS) is 31.0. The lowest BCUT2D eigenvalue weighted by atomic mass is 9.88. The highest BCUT2D eigenvalue weighted by Gasteiger charge is 2.38. The zero-order chi connectivity index (χ0) is 21.5. The van der Waals surface area contributed by atoms with Crippen LogP contribution in [0.3, 0.4) is 0 Å². The third-order valence-corrected chi connectivity index (χ3v) is 7.78. The number of hydrogen-bond acceptors (Lipinski definition) is 4. The minimum atomic E-state index is -0.400. The Bertz CT molecular complexity index is 844. The van der Waals surface area contributed by atoms with Crippen molar-refractivity contribution >= 4 is 17.5 Å². The van der Waals surface area contributed by atoms with E-state index in [-0.39, 0.29) is 17.8 Å². The largest absolute Gasteiger partial charge is 0.373 e. The molecule has 4 aliphatic rings. The number of halogens is 1. The first-order chi connectivity index (χ1) is 15.0. The highest BCUT2D eigenvalue weighted by Crippen LogP contribution is 2.32. The third-order valence-electron chi connectivity index (χ3n) is 7.78. The quantitative estimate of drug-likeness (QED) is 0.777. The molecule has 0 aromatic heterocycles. The van der Waals surface area contributed by atoms with Gasteiger partial charge in [0.05, 0.1) is 0 Å². The summed E-state index contributed by atoms with van der Waals surface area (Å²) in [5, 5.41) is 6.49. The molecule has 1 aromatic rings. The lowest BCUT2D eigenvalue weighted by molar-refractivity contribution is -0.140. The van der Waals surface area contributed by atoms with E-state index in [0.29, 0.717) is 36.4 Å². The van der Waals surface area contributed by atoms with E-state index in [9.17, 15) is 14.0 Å². The first-order valence-corrected chi connectivity index (χ1v) is 11.9. The summed E-state index contributed by atoms with van der Waals surface area (Å²) in [5.74, 6) is 0.0613. The average molecular weight is 429 g/mol. The van der Waals surface area contributed by atoms with E-state index < -0.39 is 6.04 Å². The second-order valence-electron chi connectivity index (χ2n) is 9.77. The Kier molecular flexibility index (Phi) is 5.63. The van der Waals surface area contributed by atoms with E-state index in [4.69, 9.17) is 0 Å². The molecule has 5 rings (SSSR count). The van der Waals surface area contributed by atoms with Gasteiger partial charge in [-0.2, -0.15) is 0 Å². The Hall–Kier alpha value is -2.15. The van der Waals surface area contributed by atoms with Crippen molar-refractivity contribution < 1.29 is 14.0 Å². The van der Waals surface area contributed by atoms with Gasteiger partial charge in [0.1, 0.15) is 11.9 Å². The average Bonchev–Trinajstić information content (AvgIpc) is 3.24. The summed E-state index contributed by atoms with van der Waals surface area (Å²) in [6.45, 7) is 4.68. The molecule has 7 heteroatoms. The van der Waals surface area contributed by atoms with Crippen LogP contribution in [-0.2, 0) is 16.0 Å². The Labute approximate surface area is 183 Å². The molecule has 1 unspecified atom stereocenters. The fourth-order valence-corrected chi connectivity index (χ4v) is 6.08. The van der Waals surface area contributed by atoms with Crippen molar-refractivity contribution in [2.24, 2.45) is 0 Å². The van der Waals surface area contributed by atoms with Crippen molar-refractivity contribution in [3.63, 3.8) is 0 Å². The fourth-order valence-electron chi connectivity index (χ4n) is 6.08. The van der Waals surface area contributed by atoms with Gasteiger partial charge >= 0.3 is 0 Å². The summed E-state index contributed by atoms with van der Waals surface area (Å²) >= 11 is 0. The monoisotopic (exact) mass is 428 g/mol. The van der Waals surface area contributed by atoms with Gasteiger partial charge in [-0.3, -0.25) is 14.5 Å². The molecule has 1 saturated carbocycles. The van der Waals surface area contributed by atoms with Crippen molar-refractivity contribution in [3.8, 4) is 0 Å². The Morgan fingerprint density at radius 1 is 1.16 bits per heavy atom. The number of fused-ring (bicyclic) bond motifs is 2. The van der Waals surface area contributed by atoms with Crippen LogP contribution in [0.4, 0.5) is 10.1 Å². The van der Waals surface area contributed by atoms with Crippen LogP contribution in [0.1, 0.15) is 56.1 Å². The summed E-state index contributed by atoms with van der Waals surface area (Å²) in [4.78, 5) is 29.8. The maximum Gasteiger partial charge on any atom is 0.243 e. The molecule has 2 amide bonds. The second-order valence-corrected chi connectivity index (χ2v) is 9.77. The summed E-state index contributed by atoms with van der Waals surface area (Å²) in [7, 11) is 0. The minimum Gasteiger partial charge on any atom is -0.373 e. The van der Waals surface area contributed by atoms with Crippen molar-refractivity contribution in [3.05, 3.63) is 29.1 Å². The van der Waals surface area contributed by atoms with Gasteiger partial charge < -0.3 is 15.5 Å². The van der Waals surface area contributed by atoms with Crippen molar-refractivity contribution in [1.29, 1.82) is 0 Å². The molecule has 2 saturated heterocycles. The summed E-state index contributed by atoms with van der Waals surface area (Å²) in [5.41, 5.74) is 2.38. The van der Waals surface area contributed by atoms with Gasteiger partial charge in [-0.15, -0.1) is 0 Å². The van der Waals surface area contributed by atoms with Gasteiger partial charge in [-0.05, 0) is 57.1 Å². The molecule has 0 spiro atoms. The lowest BCUT2D eigenvalue weighted by Gasteiger charge is -2.48. The van der Waals surface area contributed by atoms with Crippen molar-refractivity contribution in [2.45, 2.75) is 82.5 Å². The van der Waals surface area contributed by atoms with Crippen LogP contribution in [0.25, 0.3) is 0 Å². The molecule has 6 nitrogen and oxygen atoms in total. The van der Waals surface area contributed by atoms with Crippen molar-refractivity contribution in [1.82, 2.24) is 15.1 Å². The maximum atomic E-state index is 14.2. The number of piperazine rings is 1. The fraction of sp³-hybridized carbons (Fsp3) is 0.667. The molecule has 3 aliphatic heterocycles. The number of anilines is 1. The molecule has 1 aliphatic carbocycles. The summed E-state index contributed by atoms with van der Waals surface area (Å²) < 4.78 is 14.2. The van der Waals surface area contributed by atoms with Crippen LogP contribution in [-0.4, -0.2) is 65.4 Å². The third kappa shape index (κ3) is 4.04. The highest BCUT2D eigenvalue weighted by atomic mass is 19.1. The number of nitrogens with one attached hydrogen (secondary N) is 2. The number of aryl methyl sites for hydroxylation is 1. The molecule has 0 radical (unpaired) electrons. The molecule has 4 atom stereocenters. The van der Waals surface area contributed by atoms with Gasteiger partial charge in [-0.25, -0.2) is 4.39 Å². The molecule has 3 fully saturated rings. The maximum absolute atomic E-state index is 14.2. The van der Waals surface area contributed by atoms with E-state index in [2.05, 4.69) is 20.4 Å². The molecule has 31 heavy (non-hydrogen) atoms. The number of amides is 2. The van der Waals surface area contributed by atoms with Crippen LogP contribution in [0.5, 0.6) is 0 Å². The van der Waals surface area contributed by atoms with Gasteiger partial charge in [0.2, 0.25) is 11.8 Å². The number of piperidine rings is 1. The Morgan fingerprint density at radius 3 is 2.84 bits per heavy atom. The Morgan fingerprint density at radius 2 is 2.00 bits per heavy atom. The number of benzene rings is 1. The van der Waals surface area contributed by atoms with E-state index in [0.717, 1.165) is 69.4 Å². The van der Waals surface area contributed by atoms with Gasteiger partial charge in [-0.1, -0.05) is 6.07 Å². The summed E-state index contributed by atoms with van der Waals surface area (Å²) in [6, 6.07) is 3.83. The first kappa shape index (κ1) is 20.7. The van der Waals surface area contributed by atoms with Crippen LogP contribution >= 0.6 is 0 Å². The van der Waals surface area contributed by atoms with E-state index in [1.807, 2.05) is 6.92 Å². The molecule has 1 aromatic carbocycles. The van der Waals surface area contributed by atoms with Gasteiger partial charge in [0.15, 0.2) is 0 Å². The van der Waals surface area contributed by atoms with E-state index >= 15 is 0 Å². The zero-order valence-corrected chi connectivity index (χ0v) is 18.3. The molecular formula is C24H33FN4O2. The predicted octanol–water partition coefficient (Wildman–Crippen LogP) is 2.59. The molecule has 0 bridgehead atoms. The number of carbonyl (C=O) groups excluding carboxylic acids is 2. The highest BCUT2D eigenvalue weighted by molar-refractivity contribution is 5.88. The first-order valence-electron chi connectivity index (χ1n) is 11.9. The van der Waals surface area contributed by atoms with Crippen LogP contribution in [0.15, 0.2) is 12.1 Å². The van der Waals surface area contributed by atoms with Gasteiger partial charge in [0, 0.05) is 61.9 Å². The topological polar surface area (TPSA) is 64.7 Å². The molecule has 168 valence electrons. The predicted molar refractivity (Wildman–Crippen MR) is 117 cm³/mol. The molecular weight excluding hydrogens is 395 g/mol. The van der Waals surface area contributed by atoms with E-state index in [1.165, 1.54) is 6.07 Å².